The lowest BCUT2D eigenvalue weighted by atomic mass is 9.97. The van der Waals surface area contributed by atoms with Crippen molar-refractivity contribution in [1.29, 1.82) is 0 Å². The van der Waals surface area contributed by atoms with Crippen molar-refractivity contribution in [3.05, 3.63) is 71.8 Å². The number of amides is 2. The Balaban J connectivity index is 1.64. The van der Waals surface area contributed by atoms with Crippen molar-refractivity contribution in [2.45, 2.75) is 25.3 Å². The third kappa shape index (κ3) is 5.66. The molecule has 1 aliphatic heterocycles. The number of piperidine rings is 1. The van der Waals surface area contributed by atoms with Crippen LogP contribution in [-0.4, -0.2) is 36.3 Å². The first-order valence-electron chi connectivity index (χ1n) is 9.51. The number of carbonyl (C=O) groups excluding carboxylic acids is 2. The lowest BCUT2D eigenvalue weighted by Gasteiger charge is -2.31. The molecule has 1 fully saturated rings. The number of nitrogens with zero attached hydrogens (tertiary/aromatic N) is 1. The number of nitrogens with one attached hydrogen (secondary N) is 1. The molecule has 1 saturated heterocycles. The second-order valence-corrected chi connectivity index (χ2v) is 7.20. The fourth-order valence-electron chi connectivity index (χ4n) is 3.66. The van der Waals surface area contributed by atoms with Gasteiger partial charge in [0.1, 0.15) is 0 Å². The average molecular weight is 365 g/mol. The Morgan fingerprint density at radius 2 is 1.74 bits per heavy atom. The highest BCUT2D eigenvalue weighted by molar-refractivity contribution is 5.79. The Morgan fingerprint density at radius 3 is 2.41 bits per heavy atom. The summed E-state index contributed by atoms with van der Waals surface area (Å²) in [5, 5.41) is 3.18. The molecule has 0 bridgehead atoms. The summed E-state index contributed by atoms with van der Waals surface area (Å²) >= 11 is 0. The number of rotatable bonds is 7. The predicted molar refractivity (Wildman–Crippen MR) is 106 cm³/mol. The molecule has 0 radical (unpaired) electrons. The van der Waals surface area contributed by atoms with Crippen LogP contribution in [0.25, 0.3) is 0 Å². The zero-order valence-electron chi connectivity index (χ0n) is 15.5. The molecule has 0 aliphatic carbocycles. The van der Waals surface area contributed by atoms with Crippen molar-refractivity contribution >= 4 is 11.8 Å². The molecule has 5 nitrogen and oxygen atoms in total. The average Bonchev–Trinajstić information content (AvgIpc) is 2.69. The number of nitrogens with two attached hydrogens (primary N) is 1. The first-order valence-corrected chi connectivity index (χ1v) is 9.51. The monoisotopic (exact) mass is 365 g/mol. The Morgan fingerprint density at radius 1 is 1.07 bits per heavy atom. The smallest absolute Gasteiger partial charge is 0.234 e. The molecule has 2 aromatic rings. The van der Waals surface area contributed by atoms with E-state index in [0.29, 0.717) is 13.1 Å². The summed E-state index contributed by atoms with van der Waals surface area (Å²) in [5.74, 6) is -0.447. The van der Waals surface area contributed by atoms with Crippen LogP contribution in [0, 0.1) is 5.92 Å². The third-order valence-corrected chi connectivity index (χ3v) is 5.09. The molecule has 0 saturated carbocycles. The molecule has 0 aromatic heterocycles. The van der Waals surface area contributed by atoms with E-state index in [1.165, 1.54) is 5.56 Å². The molecule has 1 aliphatic rings. The summed E-state index contributed by atoms with van der Waals surface area (Å²) in [7, 11) is 0. The Hall–Kier alpha value is -2.66. The van der Waals surface area contributed by atoms with Crippen LogP contribution in [0.3, 0.4) is 0 Å². The lowest BCUT2D eigenvalue weighted by Crippen LogP contribution is -2.46. The highest BCUT2D eigenvalue weighted by Gasteiger charge is 2.26. The van der Waals surface area contributed by atoms with E-state index in [2.05, 4.69) is 17.4 Å². The van der Waals surface area contributed by atoms with Gasteiger partial charge in [-0.1, -0.05) is 60.7 Å². The topological polar surface area (TPSA) is 75.4 Å². The maximum Gasteiger partial charge on any atom is 0.234 e. The summed E-state index contributed by atoms with van der Waals surface area (Å²) < 4.78 is 0. The van der Waals surface area contributed by atoms with Gasteiger partial charge in [-0.25, -0.2) is 0 Å². The second-order valence-electron chi connectivity index (χ2n) is 7.20. The number of primary amides is 1. The Labute approximate surface area is 160 Å². The second kappa shape index (κ2) is 9.33. The van der Waals surface area contributed by atoms with Crippen molar-refractivity contribution < 1.29 is 9.59 Å². The number of likely N-dealkylation sites (tertiary alicyclic amines) is 1. The maximum atomic E-state index is 12.7. The summed E-state index contributed by atoms with van der Waals surface area (Å²) in [4.78, 5) is 26.2. The number of carbonyl (C=O) groups is 2. The third-order valence-electron chi connectivity index (χ3n) is 5.09. The normalized spacial score (nSPS) is 18.6. The zero-order chi connectivity index (χ0) is 19.1. The van der Waals surface area contributed by atoms with E-state index >= 15 is 0 Å². The fraction of sp³-hybridized carbons (Fsp3) is 0.364. The van der Waals surface area contributed by atoms with Gasteiger partial charge in [-0.05, 0) is 36.9 Å². The van der Waals surface area contributed by atoms with E-state index in [-0.39, 0.29) is 23.8 Å². The molecule has 0 spiro atoms. The van der Waals surface area contributed by atoms with Crippen LogP contribution < -0.4 is 11.1 Å². The minimum Gasteiger partial charge on any atom is -0.369 e. The van der Waals surface area contributed by atoms with Crippen LogP contribution in [0.4, 0.5) is 0 Å². The molecular formula is C22H27N3O2. The highest BCUT2D eigenvalue weighted by atomic mass is 16.2. The van der Waals surface area contributed by atoms with E-state index in [9.17, 15) is 9.59 Å². The van der Waals surface area contributed by atoms with Crippen molar-refractivity contribution in [1.82, 2.24) is 10.2 Å². The largest absolute Gasteiger partial charge is 0.369 e. The first kappa shape index (κ1) is 19.1. The van der Waals surface area contributed by atoms with Gasteiger partial charge in [0, 0.05) is 6.54 Å². The van der Waals surface area contributed by atoms with Crippen molar-refractivity contribution in [2.75, 3.05) is 19.6 Å². The highest BCUT2D eigenvalue weighted by Crippen LogP contribution is 2.19. The maximum absolute atomic E-state index is 12.7. The predicted octanol–water partition coefficient (Wildman–Crippen LogP) is 2.28. The molecule has 1 heterocycles. The number of hydrogen-bond acceptors (Lipinski definition) is 3. The summed E-state index contributed by atoms with van der Waals surface area (Å²) in [6.07, 6.45) is 2.45. The van der Waals surface area contributed by atoms with Crippen molar-refractivity contribution in [2.24, 2.45) is 11.7 Å². The summed E-state index contributed by atoms with van der Waals surface area (Å²) in [5.41, 5.74) is 7.70. The van der Waals surface area contributed by atoms with E-state index in [4.69, 9.17) is 5.73 Å². The number of benzene rings is 2. The zero-order valence-corrected chi connectivity index (χ0v) is 15.5. The van der Waals surface area contributed by atoms with E-state index < -0.39 is 0 Å². The van der Waals surface area contributed by atoms with Gasteiger partial charge in [0.15, 0.2) is 0 Å². The Kier molecular flexibility index (Phi) is 6.60. The van der Waals surface area contributed by atoms with Crippen molar-refractivity contribution in [3.63, 3.8) is 0 Å². The van der Waals surface area contributed by atoms with Crippen LogP contribution in [0.2, 0.25) is 0 Å². The number of hydrogen-bond donors (Lipinski definition) is 2. The molecule has 27 heavy (non-hydrogen) atoms. The van der Waals surface area contributed by atoms with E-state index in [1.54, 1.807) is 0 Å². The first-order chi connectivity index (χ1) is 13.1. The molecule has 2 amide bonds. The molecule has 0 unspecified atom stereocenters. The van der Waals surface area contributed by atoms with Gasteiger partial charge in [0.2, 0.25) is 11.8 Å². The molecule has 2 atom stereocenters. The van der Waals surface area contributed by atoms with Gasteiger partial charge < -0.3 is 11.1 Å². The van der Waals surface area contributed by atoms with Crippen LogP contribution in [0.5, 0.6) is 0 Å². The van der Waals surface area contributed by atoms with Crippen LogP contribution in [0.1, 0.15) is 30.0 Å². The van der Waals surface area contributed by atoms with Crippen LogP contribution >= 0.6 is 0 Å². The summed E-state index contributed by atoms with van der Waals surface area (Å²) in [6.45, 7) is 1.69. The summed E-state index contributed by atoms with van der Waals surface area (Å²) in [6, 6.07) is 20.1. The standard InChI is InChI=1S/C22H27N3O2/c23-22(27)19-12-7-13-25(15-19)16-21(26)24-20(18-10-5-2-6-11-18)14-17-8-3-1-4-9-17/h1-6,8-11,19-20H,7,12-16H2,(H2,23,27)(H,24,26)/t19-,20-/m0/s1. The van der Waals surface area contributed by atoms with Crippen LogP contribution in [-0.2, 0) is 16.0 Å². The molecular weight excluding hydrogens is 338 g/mol. The van der Waals surface area contributed by atoms with Crippen LogP contribution in [0.15, 0.2) is 60.7 Å². The SMILES string of the molecule is NC(=O)[C@H]1CCCN(CC(=O)N[C@@H](Cc2ccccc2)c2ccccc2)C1. The quantitative estimate of drug-likeness (QED) is 0.790. The van der Waals surface area contributed by atoms with Gasteiger partial charge in [0.25, 0.3) is 0 Å². The van der Waals surface area contributed by atoms with Gasteiger partial charge in [-0.15, -0.1) is 0 Å². The van der Waals surface area contributed by atoms with E-state index in [0.717, 1.165) is 31.4 Å². The fourth-order valence-corrected chi connectivity index (χ4v) is 3.66. The van der Waals surface area contributed by atoms with Gasteiger partial charge >= 0.3 is 0 Å². The minimum atomic E-state index is -0.272. The van der Waals surface area contributed by atoms with Gasteiger partial charge in [0.05, 0.1) is 18.5 Å². The lowest BCUT2D eigenvalue weighted by molar-refractivity contribution is -0.127. The van der Waals surface area contributed by atoms with Crippen molar-refractivity contribution in [3.8, 4) is 0 Å². The molecule has 3 rings (SSSR count). The molecule has 142 valence electrons. The van der Waals surface area contributed by atoms with E-state index in [1.807, 2.05) is 53.4 Å². The molecule has 3 N–H and O–H groups in total. The molecule has 5 heteroatoms. The molecule has 2 aromatic carbocycles. The van der Waals surface area contributed by atoms with Gasteiger partial charge in [-0.2, -0.15) is 0 Å². The Bertz CT molecular complexity index is 749. The minimum absolute atomic E-state index is 0.0232. The van der Waals surface area contributed by atoms with Gasteiger partial charge in [-0.3, -0.25) is 14.5 Å².